The van der Waals surface area contributed by atoms with Crippen LogP contribution in [-0.4, -0.2) is 11.0 Å². The fraction of sp³-hybridized carbons (Fsp3) is 0.167. The molecule has 2 aromatic rings. The minimum absolute atomic E-state index is 0.336. The van der Waals surface area contributed by atoms with Gasteiger partial charge >= 0.3 is 5.97 Å². The highest BCUT2D eigenvalue weighted by atomic mass is 79.9. The third-order valence-electron chi connectivity index (χ3n) is 2.36. The van der Waals surface area contributed by atoms with Crippen LogP contribution in [0.4, 0.5) is 5.69 Å². The van der Waals surface area contributed by atoms with E-state index < -0.39 is 5.97 Å². The Bertz CT molecular complexity index is 611. The van der Waals surface area contributed by atoms with Gasteiger partial charge in [0.2, 0.25) is 0 Å². The number of anilines is 1. The van der Waals surface area contributed by atoms with Gasteiger partial charge in [0.1, 0.15) is 0 Å². The van der Waals surface area contributed by atoms with Gasteiger partial charge in [0.15, 0.2) is 5.75 Å². The number of nitrogens with zero attached hydrogens (tertiary/aromatic N) is 1. The third kappa shape index (κ3) is 2.24. The summed E-state index contributed by atoms with van der Waals surface area (Å²) in [4.78, 5) is 15.4. The summed E-state index contributed by atoms with van der Waals surface area (Å²) in [6.07, 6.45) is 0. The van der Waals surface area contributed by atoms with E-state index in [1.165, 1.54) is 6.92 Å². The van der Waals surface area contributed by atoms with Gasteiger partial charge in [-0.05, 0) is 25.1 Å². The van der Waals surface area contributed by atoms with Gasteiger partial charge in [-0.1, -0.05) is 15.9 Å². The first-order valence-corrected chi connectivity index (χ1v) is 5.82. The summed E-state index contributed by atoms with van der Waals surface area (Å²) < 4.78 is 5.98. The van der Waals surface area contributed by atoms with Crippen LogP contribution >= 0.6 is 15.9 Å². The van der Waals surface area contributed by atoms with Crippen LogP contribution in [-0.2, 0) is 4.79 Å². The van der Waals surface area contributed by atoms with Gasteiger partial charge in [-0.15, -0.1) is 0 Å². The Morgan fingerprint density at radius 2 is 2.18 bits per heavy atom. The maximum absolute atomic E-state index is 11.0. The molecule has 1 aromatic heterocycles. The Morgan fingerprint density at radius 3 is 2.82 bits per heavy atom. The molecule has 88 valence electrons. The number of ether oxygens (including phenoxy) is 1. The number of hydrogen-bond donors (Lipinski definition) is 1. The average Bonchev–Trinajstić information content (AvgIpc) is 2.25. The highest BCUT2D eigenvalue weighted by Gasteiger charge is 2.13. The smallest absolute Gasteiger partial charge is 0.308 e. The lowest BCUT2D eigenvalue weighted by Crippen LogP contribution is -2.07. The molecule has 17 heavy (non-hydrogen) atoms. The lowest BCUT2D eigenvalue weighted by Gasteiger charge is -2.11. The van der Waals surface area contributed by atoms with Crippen LogP contribution in [0.5, 0.6) is 5.75 Å². The number of carbonyl (C=O) groups is 1. The standard InChI is InChI=1S/C12H11BrN2O2/c1-6-12(17-7(2)16)11(14)9-5-8(13)3-4-10(9)15-6/h3-5H,1-2H3,(H2,14,15). The van der Waals surface area contributed by atoms with Gasteiger partial charge in [-0.2, -0.15) is 0 Å². The van der Waals surface area contributed by atoms with Crippen molar-refractivity contribution in [2.75, 3.05) is 5.73 Å². The highest BCUT2D eigenvalue weighted by molar-refractivity contribution is 9.10. The molecule has 4 nitrogen and oxygen atoms in total. The zero-order chi connectivity index (χ0) is 12.6. The number of carbonyl (C=O) groups excluding carboxylic acids is 1. The Kier molecular flexibility index (Phi) is 3.02. The first-order valence-electron chi connectivity index (χ1n) is 5.03. The first kappa shape index (κ1) is 11.9. The summed E-state index contributed by atoms with van der Waals surface area (Å²) in [5, 5.41) is 0.765. The quantitative estimate of drug-likeness (QED) is 0.822. The fourth-order valence-electron chi connectivity index (χ4n) is 1.64. The molecule has 0 aliphatic rings. The van der Waals surface area contributed by atoms with Crippen molar-refractivity contribution in [2.24, 2.45) is 0 Å². The normalized spacial score (nSPS) is 10.5. The zero-order valence-corrected chi connectivity index (χ0v) is 11.0. The Hall–Kier alpha value is -1.62. The van der Waals surface area contributed by atoms with Gasteiger partial charge in [0, 0.05) is 16.8 Å². The number of halogens is 1. The number of aryl methyl sites for hydroxylation is 1. The molecule has 5 heteroatoms. The number of rotatable bonds is 1. The van der Waals surface area contributed by atoms with Crippen molar-refractivity contribution in [3.63, 3.8) is 0 Å². The monoisotopic (exact) mass is 294 g/mol. The predicted molar refractivity (Wildman–Crippen MR) is 69.9 cm³/mol. The summed E-state index contributed by atoms with van der Waals surface area (Å²) >= 11 is 3.37. The van der Waals surface area contributed by atoms with Gasteiger partial charge in [-0.3, -0.25) is 4.79 Å². The summed E-state index contributed by atoms with van der Waals surface area (Å²) in [5.74, 6) is -0.0703. The van der Waals surface area contributed by atoms with Crippen LogP contribution in [0.25, 0.3) is 10.9 Å². The number of pyridine rings is 1. The van der Waals surface area contributed by atoms with Crippen LogP contribution in [0.15, 0.2) is 22.7 Å². The molecule has 1 aromatic carbocycles. The van der Waals surface area contributed by atoms with Gasteiger partial charge in [0.25, 0.3) is 0 Å². The second-order valence-corrected chi connectivity index (χ2v) is 4.61. The molecule has 2 N–H and O–H groups in total. The summed E-state index contributed by atoms with van der Waals surface area (Å²) in [7, 11) is 0. The molecule has 0 aliphatic carbocycles. The second kappa shape index (κ2) is 4.33. The molecule has 0 radical (unpaired) electrons. The summed E-state index contributed by atoms with van der Waals surface area (Å²) in [6.45, 7) is 3.10. The van der Waals surface area contributed by atoms with Crippen LogP contribution in [0, 0.1) is 6.92 Å². The van der Waals surface area contributed by atoms with Crippen molar-refractivity contribution >= 4 is 38.5 Å². The van der Waals surface area contributed by atoms with E-state index in [1.54, 1.807) is 6.92 Å². The molecular formula is C12H11BrN2O2. The number of aromatic nitrogens is 1. The first-order chi connectivity index (χ1) is 7.99. The van der Waals surface area contributed by atoms with Gasteiger partial charge in [-0.25, -0.2) is 4.98 Å². The molecule has 0 saturated carbocycles. The lowest BCUT2D eigenvalue weighted by molar-refractivity contribution is -0.131. The molecule has 2 rings (SSSR count). The third-order valence-corrected chi connectivity index (χ3v) is 2.85. The van der Waals surface area contributed by atoms with E-state index in [-0.39, 0.29) is 0 Å². The number of fused-ring (bicyclic) bond motifs is 1. The van der Waals surface area contributed by atoms with Crippen molar-refractivity contribution < 1.29 is 9.53 Å². The van der Waals surface area contributed by atoms with Crippen molar-refractivity contribution in [2.45, 2.75) is 13.8 Å². The molecule has 0 spiro atoms. The molecule has 0 atom stereocenters. The zero-order valence-electron chi connectivity index (χ0n) is 9.45. The lowest BCUT2D eigenvalue weighted by atomic mass is 10.1. The SMILES string of the molecule is CC(=O)Oc1c(C)nc2ccc(Br)cc2c1N. The minimum Gasteiger partial charge on any atom is -0.423 e. The van der Waals surface area contributed by atoms with E-state index in [9.17, 15) is 4.79 Å². The number of nitrogens with two attached hydrogens (primary N) is 1. The van der Waals surface area contributed by atoms with E-state index in [4.69, 9.17) is 10.5 Å². The van der Waals surface area contributed by atoms with Gasteiger partial charge < -0.3 is 10.5 Å². The maximum atomic E-state index is 11.0. The van der Waals surface area contributed by atoms with E-state index in [0.717, 1.165) is 15.4 Å². The molecule has 1 heterocycles. The molecule has 0 bridgehead atoms. The largest absolute Gasteiger partial charge is 0.423 e. The molecule has 0 saturated heterocycles. The van der Waals surface area contributed by atoms with Crippen LogP contribution < -0.4 is 10.5 Å². The summed E-state index contributed by atoms with van der Waals surface area (Å²) in [5.41, 5.74) is 7.81. The van der Waals surface area contributed by atoms with Crippen molar-refractivity contribution in [3.8, 4) is 5.75 Å². The Balaban J connectivity index is 2.73. The molecule has 0 amide bonds. The van der Waals surface area contributed by atoms with E-state index in [2.05, 4.69) is 20.9 Å². The Morgan fingerprint density at radius 1 is 1.47 bits per heavy atom. The number of nitrogen functional groups attached to an aromatic ring is 1. The van der Waals surface area contributed by atoms with Crippen molar-refractivity contribution in [1.29, 1.82) is 0 Å². The molecule has 0 unspecified atom stereocenters. The highest BCUT2D eigenvalue weighted by Crippen LogP contribution is 2.33. The van der Waals surface area contributed by atoms with Crippen LogP contribution in [0.1, 0.15) is 12.6 Å². The van der Waals surface area contributed by atoms with Crippen molar-refractivity contribution in [1.82, 2.24) is 4.98 Å². The topological polar surface area (TPSA) is 65.2 Å². The van der Waals surface area contributed by atoms with E-state index in [0.29, 0.717) is 17.1 Å². The Labute approximate surface area is 107 Å². The van der Waals surface area contributed by atoms with Crippen LogP contribution in [0.2, 0.25) is 0 Å². The maximum Gasteiger partial charge on any atom is 0.308 e. The molecular weight excluding hydrogens is 284 g/mol. The van der Waals surface area contributed by atoms with Gasteiger partial charge in [0.05, 0.1) is 16.9 Å². The summed E-state index contributed by atoms with van der Waals surface area (Å²) in [6, 6.07) is 5.60. The number of hydrogen-bond acceptors (Lipinski definition) is 4. The van der Waals surface area contributed by atoms with Crippen molar-refractivity contribution in [3.05, 3.63) is 28.4 Å². The molecule has 0 fully saturated rings. The predicted octanol–water partition coefficient (Wildman–Crippen LogP) is 2.81. The number of benzene rings is 1. The number of esters is 1. The minimum atomic E-state index is -0.407. The average molecular weight is 295 g/mol. The second-order valence-electron chi connectivity index (χ2n) is 3.70. The fourth-order valence-corrected chi connectivity index (χ4v) is 2.00. The van der Waals surface area contributed by atoms with E-state index in [1.807, 2.05) is 18.2 Å². The van der Waals surface area contributed by atoms with E-state index >= 15 is 0 Å². The molecule has 0 aliphatic heterocycles. The van der Waals surface area contributed by atoms with Crippen LogP contribution in [0.3, 0.4) is 0 Å².